The summed E-state index contributed by atoms with van der Waals surface area (Å²) in [6.45, 7) is 5.17. The van der Waals surface area contributed by atoms with Crippen LogP contribution in [0, 0.1) is 0 Å². The summed E-state index contributed by atoms with van der Waals surface area (Å²) in [5.41, 5.74) is 14.2. The molecule has 0 radical (unpaired) electrons. The van der Waals surface area contributed by atoms with Crippen molar-refractivity contribution in [1.29, 1.82) is 0 Å². The summed E-state index contributed by atoms with van der Waals surface area (Å²) in [5.74, 6) is 0.586. The molecule has 0 unspecified atom stereocenters. The highest BCUT2D eigenvalue weighted by atomic mass is 35.5. The van der Waals surface area contributed by atoms with Crippen molar-refractivity contribution in [3.63, 3.8) is 0 Å². The van der Waals surface area contributed by atoms with Gasteiger partial charge in [-0.2, -0.15) is 0 Å². The van der Waals surface area contributed by atoms with Crippen LogP contribution in [0.15, 0.2) is 24.3 Å². The predicted octanol–water partition coefficient (Wildman–Crippen LogP) is 3.36. The fraction of sp³-hybridized carbons (Fsp3) is 0.571. The Bertz CT molecular complexity index is 296. The Hall–Kier alpha value is -0.570. The van der Waals surface area contributed by atoms with Crippen LogP contribution < -0.4 is 11.5 Å². The van der Waals surface area contributed by atoms with Crippen LogP contribution in [0.1, 0.15) is 56.2 Å². The highest BCUT2D eigenvalue weighted by molar-refractivity contribution is 5.85. The number of rotatable bonds is 6. The zero-order valence-corrected chi connectivity index (χ0v) is 11.7. The van der Waals surface area contributed by atoms with E-state index in [9.17, 15) is 0 Å². The molecule has 0 aromatic heterocycles. The first-order chi connectivity index (χ1) is 7.65. The van der Waals surface area contributed by atoms with Gasteiger partial charge in [-0.15, -0.1) is 12.4 Å². The van der Waals surface area contributed by atoms with Gasteiger partial charge in [-0.3, -0.25) is 0 Å². The molecule has 0 spiro atoms. The third-order valence-electron chi connectivity index (χ3n) is 3.00. The fourth-order valence-electron chi connectivity index (χ4n) is 1.80. The molecule has 1 atom stereocenters. The molecule has 0 fully saturated rings. The molecule has 3 heteroatoms. The van der Waals surface area contributed by atoms with E-state index < -0.39 is 0 Å². The van der Waals surface area contributed by atoms with Gasteiger partial charge >= 0.3 is 0 Å². The van der Waals surface area contributed by atoms with Gasteiger partial charge in [0, 0.05) is 6.04 Å². The Labute approximate surface area is 111 Å². The second kappa shape index (κ2) is 8.51. The molecule has 4 N–H and O–H groups in total. The molecule has 2 nitrogen and oxygen atoms in total. The minimum atomic E-state index is 0. The molecule has 0 amide bonds. The van der Waals surface area contributed by atoms with Crippen molar-refractivity contribution in [2.45, 2.75) is 45.1 Å². The lowest BCUT2D eigenvalue weighted by Crippen LogP contribution is -2.11. The van der Waals surface area contributed by atoms with Crippen molar-refractivity contribution in [2.75, 3.05) is 6.54 Å². The van der Waals surface area contributed by atoms with Gasteiger partial charge in [0.25, 0.3) is 0 Å². The molecule has 0 saturated carbocycles. The summed E-state index contributed by atoms with van der Waals surface area (Å²) < 4.78 is 0. The van der Waals surface area contributed by atoms with Crippen molar-refractivity contribution in [1.82, 2.24) is 0 Å². The van der Waals surface area contributed by atoms with Crippen molar-refractivity contribution >= 4 is 12.4 Å². The maximum atomic E-state index is 6.12. The van der Waals surface area contributed by atoms with Crippen LogP contribution in [0.3, 0.4) is 0 Å². The smallest absolute Gasteiger partial charge is 0.0294 e. The van der Waals surface area contributed by atoms with Gasteiger partial charge in [-0.1, -0.05) is 44.5 Å². The topological polar surface area (TPSA) is 52.0 Å². The highest BCUT2D eigenvalue weighted by Gasteiger charge is 2.06. The summed E-state index contributed by atoms with van der Waals surface area (Å²) >= 11 is 0. The highest BCUT2D eigenvalue weighted by Crippen LogP contribution is 2.20. The van der Waals surface area contributed by atoms with Gasteiger partial charge in [0.05, 0.1) is 0 Å². The maximum Gasteiger partial charge on any atom is 0.0294 e. The van der Waals surface area contributed by atoms with Gasteiger partial charge in [-0.05, 0) is 36.4 Å². The molecule has 1 rings (SSSR count). The lowest BCUT2D eigenvalue weighted by molar-refractivity contribution is 0.591. The van der Waals surface area contributed by atoms with E-state index in [1.807, 2.05) is 0 Å². The SMILES string of the molecule is CC(C)c1ccc([C@H](N)CCCCN)cc1.Cl. The molecule has 0 bridgehead atoms. The second-order valence-electron chi connectivity index (χ2n) is 4.71. The molecular weight excluding hydrogens is 232 g/mol. The maximum absolute atomic E-state index is 6.12. The standard InChI is InChI=1S/C14H24N2.ClH/c1-11(2)12-6-8-13(9-7-12)14(16)5-3-4-10-15;/h6-9,11,14H,3-5,10,15-16H2,1-2H3;1H/t14-;/m1./s1. The van der Waals surface area contributed by atoms with Crippen molar-refractivity contribution in [3.8, 4) is 0 Å². The van der Waals surface area contributed by atoms with Crippen LogP contribution in [0.2, 0.25) is 0 Å². The molecular formula is C14H25ClN2. The van der Waals surface area contributed by atoms with E-state index >= 15 is 0 Å². The first-order valence-electron chi connectivity index (χ1n) is 6.20. The summed E-state index contributed by atoms with van der Waals surface area (Å²) in [7, 11) is 0. The monoisotopic (exact) mass is 256 g/mol. The lowest BCUT2D eigenvalue weighted by atomic mass is 9.97. The predicted molar refractivity (Wildman–Crippen MR) is 77.6 cm³/mol. The number of halogens is 1. The lowest BCUT2D eigenvalue weighted by Gasteiger charge is -2.13. The Kier molecular flexibility index (Phi) is 8.23. The normalized spacial score (nSPS) is 12.3. The van der Waals surface area contributed by atoms with E-state index in [1.165, 1.54) is 11.1 Å². The number of hydrogen-bond donors (Lipinski definition) is 2. The average molecular weight is 257 g/mol. The van der Waals surface area contributed by atoms with Crippen LogP contribution in [-0.4, -0.2) is 6.54 Å². The molecule has 0 aliphatic heterocycles. The largest absolute Gasteiger partial charge is 0.330 e. The third-order valence-corrected chi connectivity index (χ3v) is 3.00. The Morgan fingerprint density at radius 2 is 1.53 bits per heavy atom. The third kappa shape index (κ3) is 5.53. The van der Waals surface area contributed by atoms with Gasteiger partial charge in [0.15, 0.2) is 0 Å². The Morgan fingerprint density at radius 1 is 1.00 bits per heavy atom. The number of hydrogen-bond acceptors (Lipinski definition) is 2. The summed E-state index contributed by atoms with van der Waals surface area (Å²) in [5, 5.41) is 0. The van der Waals surface area contributed by atoms with Crippen LogP contribution in [-0.2, 0) is 0 Å². The first kappa shape index (κ1) is 16.4. The van der Waals surface area contributed by atoms with E-state index in [4.69, 9.17) is 11.5 Å². The van der Waals surface area contributed by atoms with E-state index in [2.05, 4.69) is 38.1 Å². The average Bonchev–Trinajstić information content (AvgIpc) is 2.29. The van der Waals surface area contributed by atoms with Crippen LogP contribution in [0.25, 0.3) is 0 Å². The van der Waals surface area contributed by atoms with E-state index in [1.54, 1.807) is 0 Å². The number of benzene rings is 1. The molecule has 0 saturated heterocycles. The summed E-state index contributed by atoms with van der Waals surface area (Å²) in [6, 6.07) is 8.84. The van der Waals surface area contributed by atoms with Crippen LogP contribution >= 0.6 is 12.4 Å². The second-order valence-corrected chi connectivity index (χ2v) is 4.71. The molecule has 17 heavy (non-hydrogen) atoms. The van der Waals surface area contributed by atoms with Crippen molar-refractivity contribution in [3.05, 3.63) is 35.4 Å². The van der Waals surface area contributed by atoms with E-state index in [0.29, 0.717) is 5.92 Å². The molecule has 1 aromatic rings. The summed E-state index contributed by atoms with van der Waals surface area (Å²) in [6.07, 6.45) is 3.21. The first-order valence-corrected chi connectivity index (χ1v) is 6.20. The van der Waals surface area contributed by atoms with Crippen molar-refractivity contribution in [2.24, 2.45) is 11.5 Å². The molecule has 0 aliphatic rings. The molecule has 0 aliphatic carbocycles. The van der Waals surface area contributed by atoms with Crippen LogP contribution in [0.5, 0.6) is 0 Å². The van der Waals surface area contributed by atoms with Gasteiger partial charge in [-0.25, -0.2) is 0 Å². The van der Waals surface area contributed by atoms with E-state index in [0.717, 1.165) is 25.8 Å². The van der Waals surface area contributed by atoms with Gasteiger partial charge in [0.2, 0.25) is 0 Å². The minimum Gasteiger partial charge on any atom is -0.330 e. The van der Waals surface area contributed by atoms with E-state index in [-0.39, 0.29) is 18.4 Å². The van der Waals surface area contributed by atoms with Gasteiger partial charge in [0.1, 0.15) is 0 Å². The fourth-order valence-corrected chi connectivity index (χ4v) is 1.80. The molecule has 0 heterocycles. The van der Waals surface area contributed by atoms with Crippen molar-refractivity contribution < 1.29 is 0 Å². The quantitative estimate of drug-likeness (QED) is 0.767. The van der Waals surface area contributed by atoms with Crippen LogP contribution in [0.4, 0.5) is 0 Å². The molecule has 1 aromatic carbocycles. The zero-order chi connectivity index (χ0) is 12.0. The minimum absolute atomic E-state index is 0. The zero-order valence-electron chi connectivity index (χ0n) is 10.9. The number of nitrogens with two attached hydrogens (primary N) is 2. The Morgan fingerprint density at radius 3 is 2.00 bits per heavy atom. The molecule has 98 valence electrons. The van der Waals surface area contributed by atoms with Gasteiger partial charge < -0.3 is 11.5 Å². The Balaban J connectivity index is 0.00000256. The summed E-state index contributed by atoms with van der Waals surface area (Å²) in [4.78, 5) is 0. The number of unbranched alkanes of at least 4 members (excludes halogenated alkanes) is 1.